The van der Waals surface area contributed by atoms with Gasteiger partial charge in [-0.3, -0.25) is 4.79 Å². The fourth-order valence-electron chi connectivity index (χ4n) is 2.72. The van der Waals surface area contributed by atoms with Crippen LogP contribution in [0.1, 0.15) is 84.0 Å². The average Bonchev–Trinajstić information content (AvgIpc) is 2.99. The Labute approximate surface area is 124 Å². The highest BCUT2D eigenvalue weighted by molar-refractivity contribution is 5.80. The van der Waals surface area contributed by atoms with Crippen LogP contribution in [0.15, 0.2) is 0 Å². The SMILES string of the molecule is CCCCCCCCCCCCNC(=O)[C@H]1CCCO1. The van der Waals surface area contributed by atoms with Crippen LogP contribution in [0.5, 0.6) is 0 Å². The standard InChI is InChI=1S/C17H33NO2/c1-2-3-4-5-6-7-8-9-10-11-14-18-17(19)16-13-12-15-20-16/h16H,2-15H2,1H3,(H,18,19)/t16-/m1/s1. The molecule has 0 aromatic rings. The van der Waals surface area contributed by atoms with Gasteiger partial charge >= 0.3 is 0 Å². The van der Waals surface area contributed by atoms with Gasteiger partial charge in [-0.2, -0.15) is 0 Å². The van der Waals surface area contributed by atoms with E-state index in [-0.39, 0.29) is 12.0 Å². The van der Waals surface area contributed by atoms with Gasteiger partial charge in [-0.25, -0.2) is 0 Å². The summed E-state index contributed by atoms with van der Waals surface area (Å²) in [5.41, 5.74) is 0. The lowest BCUT2D eigenvalue weighted by Crippen LogP contribution is -2.34. The van der Waals surface area contributed by atoms with Crippen molar-refractivity contribution >= 4 is 5.91 Å². The van der Waals surface area contributed by atoms with Crippen molar-refractivity contribution in [2.45, 2.75) is 90.1 Å². The number of ether oxygens (including phenoxy) is 1. The minimum atomic E-state index is -0.168. The third-order valence-corrected chi connectivity index (χ3v) is 4.05. The Bertz CT molecular complexity index is 237. The van der Waals surface area contributed by atoms with E-state index in [9.17, 15) is 4.79 Å². The maximum Gasteiger partial charge on any atom is 0.249 e. The third kappa shape index (κ3) is 8.57. The Hall–Kier alpha value is -0.570. The number of nitrogens with one attached hydrogen (secondary N) is 1. The summed E-state index contributed by atoms with van der Waals surface area (Å²) in [6.07, 6.45) is 15.1. The first-order chi connectivity index (χ1) is 9.84. The first kappa shape index (κ1) is 17.5. The molecule has 0 aromatic carbocycles. The highest BCUT2D eigenvalue weighted by atomic mass is 16.5. The molecule has 0 unspecified atom stereocenters. The van der Waals surface area contributed by atoms with Crippen LogP contribution >= 0.6 is 0 Å². The van der Waals surface area contributed by atoms with Crippen LogP contribution in [0.4, 0.5) is 0 Å². The summed E-state index contributed by atoms with van der Waals surface area (Å²) in [6, 6.07) is 0. The quantitative estimate of drug-likeness (QED) is 0.545. The second-order valence-electron chi connectivity index (χ2n) is 5.97. The average molecular weight is 283 g/mol. The maximum atomic E-state index is 11.7. The second kappa shape index (κ2) is 12.2. The molecule has 1 N–H and O–H groups in total. The molecule has 1 saturated heterocycles. The van der Waals surface area contributed by atoms with E-state index < -0.39 is 0 Å². The minimum absolute atomic E-state index is 0.0958. The highest BCUT2D eigenvalue weighted by Gasteiger charge is 2.22. The van der Waals surface area contributed by atoms with E-state index in [0.29, 0.717) is 0 Å². The van der Waals surface area contributed by atoms with E-state index >= 15 is 0 Å². The lowest BCUT2D eigenvalue weighted by Gasteiger charge is -2.10. The van der Waals surface area contributed by atoms with E-state index in [4.69, 9.17) is 4.74 Å². The normalized spacial score (nSPS) is 18.4. The Morgan fingerprint density at radius 1 is 1.00 bits per heavy atom. The van der Waals surface area contributed by atoms with Crippen LogP contribution in [0.3, 0.4) is 0 Å². The van der Waals surface area contributed by atoms with Gasteiger partial charge in [-0.1, -0.05) is 64.7 Å². The van der Waals surface area contributed by atoms with Gasteiger partial charge in [0.15, 0.2) is 0 Å². The monoisotopic (exact) mass is 283 g/mol. The van der Waals surface area contributed by atoms with Crippen LogP contribution in [-0.2, 0) is 9.53 Å². The van der Waals surface area contributed by atoms with Gasteiger partial charge in [0.05, 0.1) is 0 Å². The van der Waals surface area contributed by atoms with E-state index in [1.807, 2.05) is 0 Å². The van der Waals surface area contributed by atoms with Gasteiger partial charge in [0.25, 0.3) is 0 Å². The second-order valence-corrected chi connectivity index (χ2v) is 5.97. The predicted octanol–water partition coefficient (Wildman–Crippen LogP) is 4.20. The van der Waals surface area contributed by atoms with Crippen LogP contribution in [0, 0.1) is 0 Å². The number of unbranched alkanes of at least 4 members (excludes halogenated alkanes) is 9. The maximum absolute atomic E-state index is 11.7. The molecule has 0 spiro atoms. The summed E-state index contributed by atoms with van der Waals surface area (Å²) in [5, 5.41) is 2.99. The van der Waals surface area contributed by atoms with Crippen LogP contribution < -0.4 is 5.32 Å². The molecule has 1 heterocycles. The Balaban J connectivity index is 1.77. The largest absolute Gasteiger partial charge is 0.368 e. The molecule has 118 valence electrons. The van der Waals surface area contributed by atoms with Crippen molar-refractivity contribution in [2.75, 3.05) is 13.2 Å². The number of amides is 1. The van der Waals surface area contributed by atoms with Crippen LogP contribution in [0.25, 0.3) is 0 Å². The molecule has 1 aliphatic rings. The van der Waals surface area contributed by atoms with Crippen LogP contribution in [0.2, 0.25) is 0 Å². The number of carbonyl (C=O) groups excluding carboxylic acids is 1. The zero-order valence-electron chi connectivity index (χ0n) is 13.3. The first-order valence-electron chi connectivity index (χ1n) is 8.74. The van der Waals surface area contributed by atoms with E-state index in [0.717, 1.165) is 32.4 Å². The van der Waals surface area contributed by atoms with Gasteiger partial charge in [0.1, 0.15) is 6.10 Å². The molecule has 1 amide bonds. The van der Waals surface area contributed by atoms with Gasteiger partial charge in [0.2, 0.25) is 5.91 Å². The smallest absolute Gasteiger partial charge is 0.249 e. The molecule has 1 atom stereocenters. The van der Waals surface area contributed by atoms with E-state index in [2.05, 4.69) is 12.2 Å². The van der Waals surface area contributed by atoms with Crippen molar-refractivity contribution in [3.63, 3.8) is 0 Å². The summed E-state index contributed by atoms with van der Waals surface area (Å²) < 4.78 is 5.35. The topological polar surface area (TPSA) is 38.3 Å². The van der Waals surface area contributed by atoms with E-state index in [1.165, 1.54) is 57.8 Å². The summed E-state index contributed by atoms with van der Waals surface area (Å²) in [4.78, 5) is 11.7. The van der Waals surface area contributed by atoms with Crippen molar-refractivity contribution in [2.24, 2.45) is 0 Å². The van der Waals surface area contributed by atoms with Crippen molar-refractivity contribution in [3.05, 3.63) is 0 Å². The summed E-state index contributed by atoms with van der Waals surface area (Å²) in [5.74, 6) is 0.0958. The Kier molecular flexibility index (Phi) is 10.7. The third-order valence-electron chi connectivity index (χ3n) is 4.05. The molecular weight excluding hydrogens is 250 g/mol. The van der Waals surface area contributed by atoms with Gasteiger partial charge in [-0.05, 0) is 19.3 Å². The summed E-state index contributed by atoms with van der Waals surface area (Å²) >= 11 is 0. The first-order valence-corrected chi connectivity index (χ1v) is 8.74. The van der Waals surface area contributed by atoms with Gasteiger partial charge < -0.3 is 10.1 Å². The number of hydrogen-bond acceptors (Lipinski definition) is 2. The van der Waals surface area contributed by atoms with Gasteiger partial charge in [0, 0.05) is 13.2 Å². The van der Waals surface area contributed by atoms with Gasteiger partial charge in [-0.15, -0.1) is 0 Å². The lowest BCUT2D eigenvalue weighted by molar-refractivity contribution is -0.130. The molecule has 0 aromatic heterocycles. The summed E-state index contributed by atoms with van der Waals surface area (Å²) in [6.45, 7) is 3.82. The van der Waals surface area contributed by atoms with Crippen molar-refractivity contribution in [1.82, 2.24) is 5.32 Å². The molecule has 1 rings (SSSR count). The fourth-order valence-corrected chi connectivity index (χ4v) is 2.72. The zero-order chi connectivity index (χ0) is 14.5. The molecule has 3 heteroatoms. The number of hydrogen-bond donors (Lipinski definition) is 1. The fraction of sp³-hybridized carbons (Fsp3) is 0.941. The number of carbonyl (C=O) groups is 1. The lowest BCUT2D eigenvalue weighted by atomic mass is 10.1. The molecule has 1 aliphatic heterocycles. The van der Waals surface area contributed by atoms with Crippen molar-refractivity contribution < 1.29 is 9.53 Å². The molecule has 1 fully saturated rings. The molecule has 0 aliphatic carbocycles. The Morgan fingerprint density at radius 2 is 1.60 bits per heavy atom. The van der Waals surface area contributed by atoms with Crippen molar-refractivity contribution in [1.29, 1.82) is 0 Å². The molecule has 0 saturated carbocycles. The van der Waals surface area contributed by atoms with E-state index in [1.54, 1.807) is 0 Å². The highest BCUT2D eigenvalue weighted by Crippen LogP contribution is 2.12. The molecule has 0 bridgehead atoms. The van der Waals surface area contributed by atoms with Crippen molar-refractivity contribution in [3.8, 4) is 0 Å². The number of rotatable bonds is 12. The predicted molar refractivity (Wildman–Crippen MR) is 83.8 cm³/mol. The molecule has 20 heavy (non-hydrogen) atoms. The molecule has 0 radical (unpaired) electrons. The Morgan fingerprint density at radius 3 is 2.15 bits per heavy atom. The zero-order valence-corrected chi connectivity index (χ0v) is 13.3. The van der Waals surface area contributed by atoms with Crippen LogP contribution in [-0.4, -0.2) is 25.2 Å². The molecular formula is C17H33NO2. The molecule has 3 nitrogen and oxygen atoms in total. The summed E-state index contributed by atoms with van der Waals surface area (Å²) in [7, 11) is 0. The minimum Gasteiger partial charge on any atom is -0.368 e.